The standard InChI is InChI=1S/C10H11F3N4O2S/c11-10(12,13)4-5-15-20(18,19)9-8(14)16-7-3-1-2-6-17(7)9/h1-3,6,15H,4-5,14H2. The molecule has 0 spiro atoms. The smallest absolute Gasteiger partial charge is 0.381 e. The van der Waals surface area contributed by atoms with Crippen LogP contribution in [0.25, 0.3) is 5.65 Å². The Morgan fingerprint density at radius 1 is 1.35 bits per heavy atom. The van der Waals surface area contributed by atoms with Crippen molar-refractivity contribution in [3.8, 4) is 0 Å². The molecule has 2 rings (SSSR count). The monoisotopic (exact) mass is 308 g/mol. The Morgan fingerprint density at radius 2 is 2.05 bits per heavy atom. The lowest BCUT2D eigenvalue weighted by Gasteiger charge is -2.09. The maximum Gasteiger partial charge on any atom is 0.390 e. The Kier molecular flexibility index (Phi) is 3.61. The summed E-state index contributed by atoms with van der Waals surface area (Å²) < 4.78 is 63.1. The lowest BCUT2D eigenvalue weighted by Crippen LogP contribution is -2.29. The van der Waals surface area contributed by atoms with Crippen LogP contribution >= 0.6 is 0 Å². The van der Waals surface area contributed by atoms with Crippen LogP contribution in [-0.2, 0) is 10.0 Å². The quantitative estimate of drug-likeness (QED) is 0.886. The summed E-state index contributed by atoms with van der Waals surface area (Å²) in [5.41, 5.74) is 5.82. The second-order valence-corrected chi connectivity index (χ2v) is 5.68. The molecule has 110 valence electrons. The lowest BCUT2D eigenvalue weighted by atomic mass is 10.4. The molecular weight excluding hydrogens is 297 g/mol. The minimum absolute atomic E-state index is 0.268. The van der Waals surface area contributed by atoms with Gasteiger partial charge in [-0.1, -0.05) is 6.07 Å². The molecule has 0 bridgehead atoms. The van der Waals surface area contributed by atoms with Crippen LogP contribution in [0.4, 0.5) is 19.0 Å². The van der Waals surface area contributed by atoms with Crippen molar-refractivity contribution in [1.29, 1.82) is 0 Å². The highest BCUT2D eigenvalue weighted by Gasteiger charge is 2.29. The third kappa shape index (κ3) is 3.02. The molecule has 10 heteroatoms. The Bertz CT molecular complexity index is 724. The van der Waals surface area contributed by atoms with Crippen molar-refractivity contribution < 1.29 is 21.6 Å². The normalized spacial score (nSPS) is 12.9. The van der Waals surface area contributed by atoms with E-state index >= 15 is 0 Å². The molecule has 0 aromatic carbocycles. The molecule has 0 aliphatic rings. The average Bonchev–Trinajstić information content (AvgIpc) is 2.63. The minimum Gasteiger partial charge on any atom is -0.381 e. The molecule has 0 atom stereocenters. The van der Waals surface area contributed by atoms with E-state index in [1.54, 1.807) is 12.1 Å². The van der Waals surface area contributed by atoms with Gasteiger partial charge in [-0.3, -0.25) is 4.40 Å². The van der Waals surface area contributed by atoms with Crippen molar-refractivity contribution >= 4 is 21.5 Å². The minimum atomic E-state index is -4.44. The van der Waals surface area contributed by atoms with Gasteiger partial charge in [-0.05, 0) is 12.1 Å². The van der Waals surface area contributed by atoms with Gasteiger partial charge in [0.2, 0.25) is 0 Å². The van der Waals surface area contributed by atoms with Crippen molar-refractivity contribution in [2.45, 2.75) is 17.6 Å². The Labute approximate surface area is 112 Å². The molecule has 0 radical (unpaired) electrons. The zero-order valence-corrected chi connectivity index (χ0v) is 10.9. The number of pyridine rings is 1. The first-order valence-corrected chi connectivity index (χ1v) is 6.98. The number of alkyl halides is 3. The number of nitrogens with zero attached hydrogens (tertiary/aromatic N) is 2. The second kappa shape index (κ2) is 4.94. The molecule has 3 N–H and O–H groups in total. The summed E-state index contributed by atoms with van der Waals surface area (Å²) in [4.78, 5) is 3.84. The summed E-state index contributed by atoms with van der Waals surface area (Å²) in [7, 11) is -4.17. The van der Waals surface area contributed by atoms with E-state index in [2.05, 4.69) is 4.98 Å². The number of fused-ring (bicyclic) bond motifs is 1. The predicted octanol–water partition coefficient (Wildman–Crippen LogP) is 1.15. The second-order valence-electron chi connectivity index (χ2n) is 3.99. The molecule has 2 aromatic heterocycles. The first kappa shape index (κ1) is 14.6. The van der Waals surface area contributed by atoms with Gasteiger partial charge in [0.25, 0.3) is 10.0 Å². The van der Waals surface area contributed by atoms with Crippen molar-refractivity contribution in [1.82, 2.24) is 14.1 Å². The molecule has 0 fully saturated rings. The zero-order valence-electron chi connectivity index (χ0n) is 10.1. The maximum atomic E-state index is 12.0. The molecule has 0 saturated heterocycles. The summed E-state index contributed by atoms with van der Waals surface area (Å²) >= 11 is 0. The van der Waals surface area contributed by atoms with Crippen LogP contribution < -0.4 is 10.5 Å². The van der Waals surface area contributed by atoms with E-state index in [0.29, 0.717) is 5.65 Å². The van der Waals surface area contributed by atoms with Crippen LogP contribution in [0.3, 0.4) is 0 Å². The summed E-state index contributed by atoms with van der Waals surface area (Å²) in [6.07, 6.45) is -4.28. The van der Waals surface area contributed by atoms with E-state index < -0.39 is 29.2 Å². The third-order valence-electron chi connectivity index (χ3n) is 2.47. The molecule has 0 aliphatic heterocycles. The molecule has 0 saturated carbocycles. The zero-order chi connectivity index (χ0) is 15.0. The molecule has 0 amide bonds. The molecule has 2 heterocycles. The fourth-order valence-electron chi connectivity index (χ4n) is 1.65. The molecule has 0 aliphatic carbocycles. The molecule has 0 unspecified atom stereocenters. The van der Waals surface area contributed by atoms with Crippen LogP contribution in [-0.4, -0.2) is 30.5 Å². The van der Waals surface area contributed by atoms with Gasteiger partial charge in [0.05, 0.1) is 6.42 Å². The number of sulfonamides is 1. The number of imidazole rings is 1. The van der Waals surface area contributed by atoms with Crippen LogP contribution in [0.15, 0.2) is 29.4 Å². The number of hydrogen-bond donors (Lipinski definition) is 2. The number of nitrogens with one attached hydrogen (secondary N) is 1. The Balaban J connectivity index is 2.30. The summed E-state index contributed by atoms with van der Waals surface area (Å²) in [5, 5.41) is -0.365. The van der Waals surface area contributed by atoms with Crippen molar-refractivity contribution in [3.05, 3.63) is 24.4 Å². The van der Waals surface area contributed by atoms with E-state index in [9.17, 15) is 21.6 Å². The summed E-state index contributed by atoms with van der Waals surface area (Å²) in [6.45, 7) is -0.759. The van der Waals surface area contributed by atoms with Gasteiger partial charge in [0.1, 0.15) is 5.65 Å². The van der Waals surface area contributed by atoms with Crippen LogP contribution in [0, 0.1) is 0 Å². The van der Waals surface area contributed by atoms with Gasteiger partial charge in [-0.15, -0.1) is 0 Å². The number of anilines is 1. The third-order valence-corrected chi connectivity index (χ3v) is 3.97. The van der Waals surface area contributed by atoms with E-state index in [0.717, 1.165) is 0 Å². The molecular formula is C10H11F3N4O2S. The predicted molar refractivity (Wildman–Crippen MR) is 65.5 cm³/mol. The van der Waals surface area contributed by atoms with Gasteiger partial charge < -0.3 is 5.73 Å². The van der Waals surface area contributed by atoms with E-state index in [1.807, 2.05) is 4.72 Å². The number of rotatable bonds is 4. The summed E-state index contributed by atoms with van der Waals surface area (Å²) in [5.74, 6) is -0.268. The molecule has 2 aromatic rings. The van der Waals surface area contributed by atoms with Gasteiger partial charge in [0.15, 0.2) is 10.8 Å². The number of aromatic nitrogens is 2. The van der Waals surface area contributed by atoms with Crippen LogP contribution in [0.1, 0.15) is 6.42 Å². The number of nitrogens with two attached hydrogens (primary N) is 1. The number of nitrogen functional groups attached to an aromatic ring is 1. The lowest BCUT2D eigenvalue weighted by molar-refractivity contribution is -0.132. The van der Waals surface area contributed by atoms with E-state index in [-0.39, 0.29) is 10.8 Å². The average molecular weight is 308 g/mol. The van der Waals surface area contributed by atoms with Crippen molar-refractivity contribution in [2.24, 2.45) is 0 Å². The summed E-state index contributed by atoms with van der Waals surface area (Å²) in [6, 6.07) is 4.73. The van der Waals surface area contributed by atoms with Gasteiger partial charge in [0, 0.05) is 12.7 Å². The van der Waals surface area contributed by atoms with Crippen molar-refractivity contribution in [3.63, 3.8) is 0 Å². The van der Waals surface area contributed by atoms with Gasteiger partial charge in [-0.25, -0.2) is 18.1 Å². The highest BCUT2D eigenvalue weighted by Crippen LogP contribution is 2.21. The molecule has 6 nitrogen and oxygen atoms in total. The number of halogens is 3. The van der Waals surface area contributed by atoms with Crippen LogP contribution in [0.2, 0.25) is 0 Å². The first-order chi connectivity index (χ1) is 9.21. The largest absolute Gasteiger partial charge is 0.390 e. The van der Waals surface area contributed by atoms with Gasteiger partial charge in [-0.2, -0.15) is 13.2 Å². The maximum absolute atomic E-state index is 12.0. The highest BCUT2D eigenvalue weighted by atomic mass is 32.2. The fourth-order valence-corrected chi connectivity index (χ4v) is 2.90. The fraction of sp³-hybridized carbons (Fsp3) is 0.300. The topological polar surface area (TPSA) is 89.5 Å². The Morgan fingerprint density at radius 3 is 2.70 bits per heavy atom. The number of hydrogen-bond acceptors (Lipinski definition) is 4. The highest BCUT2D eigenvalue weighted by molar-refractivity contribution is 7.89. The van der Waals surface area contributed by atoms with E-state index in [1.165, 1.54) is 16.7 Å². The first-order valence-electron chi connectivity index (χ1n) is 5.50. The van der Waals surface area contributed by atoms with Crippen molar-refractivity contribution in [2.75, 3.05) is 12.3 Å². The Hall–Kier alpha value is -1.81. The van der Waals surface area contributed by atoms with Gasteiger partial charge >= 0.3 is 6.18 Å². The van der Waals surface area contributed by atoms with Crippen LogP contribution in [0.5, 0.6) is 0 Å². The SMILES string of the molecule is Nc1nc2ccccn2c1S(=O)(=O)NCCC(F)(F)F. The molecule has 20 heavy (non-hydrogen) atoms. The van der Waals surface area contributed by atoms with E-state index in [4.69, 9.17) is 5.73 Å².